The van der Waals surface area contributed by atoms with Crippen LogP contribution in [0.25, 0.3) is 11.5 Å². The summed E-state index contributed by atoms with van der Waals surface area (Å²) in [5, 5.41) is 3.05. The van der Waals surface area contributed by atoms with E-state index in [4.69, 9.17) is 0 Å². The Morgan fingerprint density at radius 1 is 1.31 bits per heavy atom. The van der Waals surface area contributed by atoms with Crippen LogP contribution in [0, 0.1) is 6.92 Å². The zero-order valence-electron chi connectivity index (χ0n) is 9.73. The van der Waals surface area contributed by atoms with Gasteiger partial charge in [-0.25, -0.2) is 15.0 Å². The molecule has 2 rings (SSSR count). The number of anilines is 1. The molecule has 0 saturated carbocycles. The molecule has 2 heterocycles. The highest BCUT2D eigenvalue weighted by Gasteiger charge is 2.12. The molecule has 0 fully saturated rings. The summed E-state index contributed by atoms with van der Waals surface area (Å²) in [5.41, 5.74) is 1.90. The number of imidazole rings is 1. The van der Waals surface area contributed by atoms with E-state index in [9.17, 15) is 0 Å². The Hall–Kier alpha value is -1.91. The van der Waals surface area contributed by atoms with E-state index in [1.165, 1.54) is 0 Å². The number of rotatable bonds is 3. The molecule has 2 aromatic heterocycles. The molecule has 0 saturated heterocycles. The maximum atomic E-state index is 4.34. The van der Waals surface area contributed by atoms with E-state index < -0.39 is 0 Å². The van der Waals surface area contributed by atoms with Gasteiger partial charge in [0.2, 0.25) is 0 Å². The highest BCUT2D eigenvalue weighted by Crippen LogP contribution is 2.22. The lowest BCUT2D eigenvalue weighted by Gasteiger charge is -2.09. The van der Waals surface area contributed by atoms with Crippen LogP contribution in [0.3, 0.4) is 0 Å². The molecule has 0 spiro atoms. The molecule has 0 aliphatic carbocycles. The van der Waals surface area contributed by atoms with Gasteiger partial charge in [-0.15, -0.1) is 0 Å². The van der Waals surface area contributed by atoms with E-state index in [0.29, 0.717) is 0 Å². The lowest BCUT2D eigenvalue weighted by molar-refractivity contribution is 0.766. The fraction of sp³-hybridized carbons (Fsp3) is 0.364. The summed E-state index contributed by atoms with van der Waals surface area (Å²) >= 11 is 0. The first-order chi connectivity index (χ1) is 7.77. The highest BCUT2D eigenvalue weighted by molar-refractivity contribution is 5.62. The summed E-state index contributed by atoms with van der Waals surface area (Å²) in [6, 6.07) is 0. The van der Waals surface area contributed by atoms with Gasteiger partial charge < -0.3 is 9.88 Å². The zero-order valence-corrected chi connectivity index (χ0v) is 9.73. The molecule has 5 nitrogen and oxygen atoms in total. The number of nitrogens with zero attached hydrogens (tertiary/aromatic N) is 4. The first-order valence-corrected chi connectivity index (χ1v) is 5.28. The molecule has 0 unspecified atom stereocenters. The molecule has 2 aromatic rings. The van der Waals surface area contributed by atoms with Crippen molar-refractivity contribution in [1.29, 1.82) is 0 Å². The highest BCUT2D eigenvalue weighted by atomic mass is 15.1. The predicted octanol–water partition coefficient (Wildman–Crippen LogP) is 1.71. The summed E-state index contributed by atoms with van der Waals surface area (Å²) in [5.74, 6) is 1.73. The molecule has 1 N–H and O–H groups in total. The van der Waals surface area contributed by atoms with Gasteiger partial charge in [-0.3, -0.25) is 0 Å². The Bertz CT molecular complexity index is 489. The Balaban J connectivity index is 2.56. The number of nitrogens with one attached hydrogen (secondary N) is 1. The van der Waals surface area contributed by atoms with Gasteiger partial charge in [0.1, 0.15) is 17.8 Å². The van der Waals surface area contributed by atoms with Crippen molar-refractivity contribution < 1.29 is 0 Å². The third-order valence-electron chi connectivity index (χ3n) is 2.59. The van der Waals surface area contributed by atoms with Crippen LogP contribution < -0.4 is 5.32 Å². The van der Waals surface area contributed by atoms with Crippen LogP contribution in [0.4, 0.5) is 5.82 Å². The number of hydrogen-bond acceptors (Lipinski definition) is 4. The predicted molar refractivity (Wildman–Crippen MR) is 63.2 cm³/mol. The largest absolute Gasteiger partial charge is 0.373 e. The zero-order chi connectivity index (χ0) is 11.5. The Morgan fingerprint density at radius 2 is 2.12 bits per heavy atom. The van der Waals surface area contributed by atoms with Gasteiger partial charge >= 0.3 is 0 Å². The second-order valence-electron chi connectivity index (χ2n) is 3.48. The first-order valence-electron chi connectivity index (χ1n) is 5.28. The summed E-state index contributed by atoms with van der Waals surface area (Å²) in [4.78, 5) is 12.8. The molecule has 0 radical (unpaired) electrons. The minimum absolute atomic E-state index is 0.843. The van der Waals surface area contributed by atoms with E-state index in [1.807, 2.05) is 20.2 Å². The van der Waals surface area contributed by atoms with E-state index in [-0.39, 0.29) is 0 Å². The third-order valence-corrected chi connectivity index (χ3v) is 2.59. The van der Waals surface area contributed by atoms with Gasteiger partial charge in [0.15, 0.2) is 5.82 Å². The molecular weight excluding hydrogens is 202 g/mol. The van der Waals surface area contributed by atoms with Gasteiger partial charge in [-0.05, 0) is 13.8 Å². The van der Waals surface area contributed by atoms with E-state index in [0.717, 1.165) is 29.4 Å². The lowest BCUT2D eigenvalue weighted by atomic mass is 10.2. The van der Waals surface area contributed by atoms with Crippen molar-refractivity contribution in [2.45, 2.75) is 20.4 Å². The van der Waals surface area contributed by atoms with Crippen LogP contribution in [0.5, 0.6) is 0 Å². The summed E-state index contributed by atoms with van der Waals surface area (Å²) in [6.07, 6.45) is 5.30. The fourth-order valence-corrected chi connectivity index (χ4v) is 1.71. The van der Waals surface area contributed by atoms with Crippen LogP contribution in [0.2, 0.25) is 0 Å². The van der Waals surface area contributed by atoms with Gasteiger partial charge in [0.25, 0.3) is 0 Å². The van der Waals surface area contributed by atoms with Crippen molar-refractivity contribution in [3.05, 3.63) is 24.3 Å². The van der Waals surface area contributed by atoms with E-state index >= 15 is 0 Å². The van der Waals surface area contributed by atoms with Gasteiger partial charge in [0, 0.05) is 31.5 Å². The molecule has 0 amide bonds. The quantitative estimate of drug-likeness (QED) is 0.850. The Morgan fingerprint density at radius 3 is 2.81 bits per heavy atom. The van der Waals surface area contributed by atoms with E-state index in [1.54, 1.807) is 12.5 Å². The Labute approximate surface area is 94.6 Å². The number of hydrogen-bond donors (Lipinski definition) is 1. The van der Waals surface area contributed by atoms with Gasteiger partial charge in [-0.2, -0.15) is 0 Å². The minimum Gasteiger partial charge on any atom is -0.373 e. The summed E-state index contributed by atoms with van der Waals surface area (Å²) in [7, 11) is 1.85. The van der Waals surface area contributed by atoms with Crippen molar-refractivity contribution in [2.24, 2.45) is 0 Å². The SMILES string of the molecule is CCn1ccnc1-c1ncnc(NC)c1C. The van der Waals surface area contributed by atoms with E-state index in [2.05, 4.69) is 31.8 Å². The van der Waals surface area contributed by atoms with Crippen LogP contribution in [0.15, 0.2) is 18.7 Å². The normalized spacial score (nSPS) is 10.4. The molecule has 16 heavy (non-hydrogen) atoms. The summed E-state index contributed by atoms with van der Waals surface area (Å²) < 4.78 is 2.06. The summed E-state index contributed by atoms with van der Waals surface area (Å²) in [6.45, 7) is 4.96. The second-order valence-corrected chi connectivity index (χ2v) is 3.48. The molecule has 0 bridgehead atoms. The molecule has 0 atom stereocenters. The minimum atomic E-state index is 0.843. The first kappa shape index (κ1) is 10.6. The average molecular weight is 217 g/mol. The number of aromatic nitrogens is 4. The van der Waals surface area contributed by atoms with Crippen LogP contribution >= 0.6 is 0 Å². The van der Waals surface area contributed by atoms with Crippen molar-refractivity contribution in [1.82, 2.24) is 19.5 Å². The molecular formula is C11H15N5. The Kier molecular flexibility index (Phi) is 2.85. The maximum Gasteiger partial charge on any atom is 0.159 e. The monoisotopic (exact) mass is 217 g/mol. The molecule has 0 aliphatic rings. The standard InChI is InChI=1S/C11H15N5/c1-4-16-6-5-13-11(16)9-8(2)10(12-3)15-7-14-9/h5-7H,4H2,1-3H3,(H,12,14,15). The van der Waals surface area contributed by atoms with Crippen LogP contribution in [-0.2, 0) is 6.54 Å². The molecule has 84 valence electrons. The third kappa shape index (κ3) is 1.64. The van der Waals surface area contributed by atoms with Gasteiger partial charge in [-0.1, -0.05) is 0 Å². The smallest absolute Gasteiger partial charge is 0.159 e. The van der Waals surface area contributed by atoms with Gasteiger partial charge in [0.05, 0.1) is 0 Å². The van der Waals surface area contributed by atoms with Crippen molar-refractivity contribution in [3.8, 4) is 11.5 Å². The number of aryl methyl sites for hydroxylation is 1. The maximum absolute atomic E-state index is 4.34. The van der Waals surface area contributed by atoms with Crippen molar-refractivity contribution in [3.63, 3.8) is 0 Å². The fourth-order valence-electron chi connectivity index (χ4n) is 1.71. The molecule has 0 aromatic carbocycles. The van der Waals surface area contributed by atoms with Crippen LogP contribution in [-0.4, -0.2) is 26.6 Å². The van der Waals surface area contributed by atoms with Crippen molar-refractivity contribution in [2.75, 3.05) is 12.4 Å². The van der Waals surface area contributed by atoms with Crippen LogP contribution in [0.1, 0.15) is 12.5 Å². The van der Waals surface area contributed by atoms with Crippen molar-refractivity contribution >= 4 is 5.82 Å². The topological polar surface area (TPSA) is 55.6 Å². The average Bonchev–Trinajstić information content (AvgIpc) is 2.77. The molecule has 5 heteroatoms. The lowest BCUT2D eigenvalue weighted by Crippen LogP contribution is -2.03. The second kappa shape index (κ2) is 4.30. The molecule has 0 aliphatic heterocycles.